The third-order valence-electron chi connectivity index (χ3n) is 4.81. The van der Waals surface area contributed by atoms with Gasteiger partial charge in [0.1, 0.15) is 5.75 Å². The van der Waals surface area contributed by atoms with Gasteiger partial charge in [0, 0.05) is 18.8 Å². The highest BCUT2D eigenvalue weighted by Gasteiger charge is 2.25. The van der Waals surface area contributed by atoms with E-state index >= 15 is 0 Å². The number of amides is 1. The molecule has 0 radical (unpaired) electrons. The molecule has 0 unspecified atom stereocenters. The summed E-state index contributed by atoms with van der Waals surface area (Å²) in [7, 11) is -3.50. The summed E-state index contributed by atoms with van der Waals surface area (Å²) in [6.45, 7) is 4.93. The fourth-order valence-electron chi connectivity index (χ4n) is 3.35. The Morgan fingerprint density at radius 3 is 2.21 bits per heavy atom. The first-order valence-electron chi connectivity index (χ1n) is 10.0. The quantitative estimate of drug-likeness (QED) is 0.762. The Hall–Kier alpha value is -2.38. The van der Waals surface area contributed by atoms with Crippen LogP contribution in [0, 0.1) is 0 Å². The molecule has 0 saturated carbocycles. The third-order valence-corrected chi connectivity index (χ3v) is 6.72. The molecule has 2 aromatic carbocycles. The second kappa shape index (κ2) is 9.41. The first-order valence-corrected chi connectivity index (χ1v) is 11.5. The molecular weight excluding hydrogens is 388 g/mol. The molecule has 0 atom stereocenters. The standard InChI is InChI=1S/C22H28N2O4S/c1-17(2)28-21-10-6-5-9-20(21)22(25)23-18-11-13-19(14-12-18)29(26,27)24-15-7-3-4-8-16-24/h5-6,9-14,17H,3-4,7-8,15-16H2,1-2H3,(H,23,25). The summed E-state index contributed by atoms with van der Waals surface area (Å²) in [6.07, 6.45) is 3.88. The lowest BCUT2D eigenvalue weighted by Crippen LogP contribution is -2.31. The zero-order valence-electron chi connectivity index (χ0n) is 16.9. The largest absolute Gasteiger partial charge is 0.490 e. The Morgan fingerprint density at radius 2 is 1.59 bits per heavy atom. The Morgan fingerprint density at radius 1 is 0.966 bits per heavy atom. The van der Waals surface area contributed by atoms with Crippen molar-refractivity contribution in [1.82, 2.24) is 4.31 Å². The minimum absolute atomic E-state index is 0.0487. The van der Waals surface area contributed by atoms with E-state index < -0.39 is 10.0 Å². The summed E-state index contributed by atoms with van der Waals surface area (Å²) >= 11 is 0. The van der Waals surface area contributed by atoms with Crippen LogP contribution < -0.4 is 10.1 Å². The first-order chi connectivity index (χ1) is 13.9. The van der Waals surface area contributed by atoms with Gasteiger partial charge < -0.3 is 10.1 Å². The summed E-state index contributed by atoms with van der Waals surface area (Å²) in [5, 5.41) is 2.81. The van der Waals surface area contributed by atoms with Crippen molar-refractivity contribution in [2.45, 2.75) is 50.5 Å². The van der Waals surface area contributed by atoms with Crippen LogP contribution in [0.15, 0.2) is 53.4 Å². The van der Waals surface area contributed by atoms with Crippen LogP contribution in [0.3, 0.4) is 0 Å². The highest BCUT2D eigenvalue weighted by Crippen LogP contribution is 2.24. The van der Waals surface area contributed by atoms with E-state index in [-0.39, 0.29) is 16.9 Å². The fraction of sp³-hybridized carbons (Fsp3) is 0.409. The molecule has 0 aliphatic carbocycles. The van der Waals surface area contributed by atoms with Crippen molar-refractivity contribution in [3.05, 3.63) is 54.1 Å². The van der Waals surface area contributed by atoms with Gasteiger partial charge >= 0.3 is 0 Å². The summed E-state index contributed by atoms with van der Waals surface area (Å²) in [6, 6.07) is 13.4. The molecule has 1 amide bonds. The van der Waals surface area contributed by atoms with Crippen LogP contribution in [-0.4, -0.2) is 37.8 Å². The second-order valence-corrected chi connectivity index (χ2v) is 9.40. The van der Waals surface area contributed by atoms with Crippen molar-refractivity contribution in [1.29, 1.82) is 0 Å². The SMILES string of the molecule is CC(C)Oc1ccccc1C(=O)Nc1ccc(S(=O)(=O)N2CCCCCC2)cc1. The number of para-hydroxylation sites is 1. The predicted octanol–water partition coefficient (Wildman–Crippen LogP) is 4.29. The number of rotatable bonds is 6. The fourth-order valence-corrected chi connectivity index (χ4v) is 4.87. The van der Waals surface area contributed by atoms with Crippen molar-refractivity contribution >= 4 is 21.6 Å². The van der Waals surface area contributed by atoms with E-state index in [2.05, 4.69) is 5.32 Å². The van der Waals surface area contributed by atoms with E-state index in [0.29, 0.717) is 30.1 Å². The summed E-state index contributed by atoms with van der Waals surface area (Å²) in [4.78, 5) is 12.9. The van der Waals surface area contributed by atoms with Crippen molar-refractivity contribution in [3.63, 3.8) is 0 Å². The molecule has 7 heteroatoms. The van der Waals surface area contributed by atoms with Gasteiger partial charge in [0.15, 0.2) is 0 Å². The Bertz CT molecular complexity index is 932. The molecule has 1 saturated heterocycles. The molecule has 2 aromatic rings. The molecule has 1 aliphatic rings. The van der Waals surface area contributed by atoms with E-state index in [1.54, 1.807) is 46.8 Å². The number of carbonyl (C=O) groups is 1. The zero-order valence-corrected chi connectivity index (χ0v) is 17.7. The van der Waals surface area contributed by atoms with Crippen LogP contribution in [0.5, 0.6) is 5.75 Å². The molecular formula is C22H28N2O4S. The molecule has 0 bridgehead atoms. The van der Waals surface area contributed by atoms with Crippen molar-refractivity contribution in [2.24, 2.45) is 0 Å². The van der Waals surface area contributed by atoms with Crippen LogP contribution in [0.25, 0.3) is 0 Å². The van der Waals surface area contributed by atoms with E-state index in [1.165, 1.54) is 0 Å². The third kappa shape index (κ3) is 5.36. The van der Waals surface area contributed by atoms with Gasteiger partial charge in [-0.05, 0) is 63.1 Å². The Kier molecular flexibility index (Phi) is 6.92. The van der Waals surface area contributed by atoms with Crippen molar-refractivity contribution < 1.29 is 17.9 Å². The number of ether oxygens (including phenoxy) is 1. The van der Waals surface area contributed by atoms with Gasteiger partial charge in [-0.15, -0.1) is 0 Å². The minimum atomic E-state index is -3.50. The number of hydrogen-bond acceptors (Lipinski definition) is 4. The number of carbonyl (C=O) groups excluding carboxylic acids is 1. The molecule has 0 spiro atoms. The molecule has 3 rings (SSSR count). The number of benzene rings is 2. The predicted molar refractivity (Wildman–Crippen MR) is 114 cm³/mol. The summed E-state index contributed by atoms with van der Waals surface area (Å²) in [5.41, 5.74) is 0.964. The van der Waals surface area contributed by atoms with Gasteiger partial charge in [0.05, 0.1) is 16.6 Å². The topological polar surface area (TPSA) is 75.7 Å². The lowest BCUT2D eigenvalue weighted by atomic mass is 10.1. The Balaban J connectivity index is 1.73. The van der Waals surface area contributed by atoms with Crippen molar-refractivity contribution in [3.8, 4) is 5.75 Å². The van der Waals surface area contributed by atoms with Gasteiger partial charge in [-0.25, -0.2) is 8.42 Å². The molecule has 6 nitrogen and oxygen atoms in total. The number of nitrogens with zero attached hydrogens (tertiary/aromatic N) is 1. The van der Waals surface area contributed by atoms with Crippen LogP contribution in [0.2, 0.25) is 0 Å². The second-order valence-electron chi connectivity index (χ2n) is 7.46. The minimum Gasteiger partial charge on any atom is -0.490 e. The lowest BCUT2D eigenvalue weighted by Gasteiger charge is -2.20. The van der Waals surface area contributed by atoms with Crippen LogP contribution >= 0.6 is 0 Å². The average Bonchev–Trinajstić information content (AvgIpc) is 2.98. The maximum absolute atomic E-state index is 12.9. The van der Waals surface area contributed by atoms with Crippen molar-refractivity contribution in [2.75, 3.05) is 18.4 Å². The molecule has 1 N–H and O–H groups in total. The smallest absolute Gasteiger partial charge is 0.259 e. The number of nitrogens with one attached hydrogen (secondary N) is 1. The molecule has 156 valence electrons. The van der Waals surface area contributed by atoms with E-state index in [9.17, 15) is 13.2 Å². The molecule has 0 aromatic heterocycles. The Labute approximate surface area is 172 Å². The van der Waals surface area contributed by atoms with Crippen LogP contribution in [0.1, 0.15) is 49.9 Å². The molecule has 29 heavy (non-hydrogen) atoms. The van der Waals surface area contributed by atoms with Gasteiger partial charge in [0.25, 0.3) is 5.91 Å². The first kappa shape index (κ1) is 21.3. The van der Waals surface area contributed by atoms with Gasteiger partial charge in [-0.1, -0.05) is 25.0 Å². The highest BCUT2D eigenvalue weighted by atomic mass is 32.2. The average molecular weight is 417 g/mol. The molecule has 1 heterocycles. The highest BCUT2D eigenvalue weighted by molar-refractivity contribution is 7.89. The number of hydrogen-bond donors (Lipinski definition) is 1. The van der Waals surface area contributed by atoms with E-state index in [4.69, 9.17) is 4.74 Å². The maximum Gasteiger partial charge on any atom is 0.259 e. The normalized spacial score (nSPS) is 15.7. The van der Waals surface area contributed by atoms with Gasteiger partial charge in [0.2, 0.25) is 10.0 Å². The lowest BCUT2D eigenvalue weighted by molar-refractivity contribution is 0.102. The summed E-state index contributed by atoms with van der Waals surface area (Å²) in [5.74, 6) is 0.213. The van der Waals surface area contributed by atoms with E-state index in [1.807, 2.05) is 19.9 Å². The number of sulfonamides is 1. The van der Waals surface area contributed by atoms with Crippen LogP contribution in [-0.2, 0) is 10.0 Å². The monoisotopic (exact) mass is 416 g/mol. The molecule has 1 fully saturated rings. The van der Waals surface area contributed by atoms with E-state index in [0.717, 1.165) is 25.7 Å². The number of anilines is 1. The molecule has 1 aliphatic heterocycles. The van der Waals surface area contributed by atoms with Gasteiger partial charge in [-0.3, -0.25) is 4.79 Å². The zero-order chi connectivity index (χ0) is 20.9. The summed E-state index contributed by atoms with van der Waals surface area (Å²) < 4.78 is 33.0. The van der Waals surface area contributed by atoms with Crippen LogP contribution in [0.4, 0.5) is 5.69 Å². The van der Waals surface area contributed by atoms with Gasteiger partial charge in [-0.2, -0.15) is 4.31 Å². The maximum atomic E-state index is 12.9.